The van der Waals surface area contributed by atoms with Crippen molar-refractivity contribution in [1.82, 2.24) is 24.5 Å². The number of benzene rings is 8. The molecule has 99 heavy (non-hydrogen) atoms. The van der Waals surface area contributed by atoms with Gasteiger partial charge in [-0.1, -0.05) is 238 Å². The zero-order valence-corrected chi connectivity index (χ0v) is 60.9. The molecule has 8 aromatic rings. The maximum absolute atomic E-state index is 10.2. The lowest BCUT2D eigenvalue weighted by Gasteiger charge is -2.47. The summed E-state index contributed by atoms with van der Waals surface area (Å²) >= 11 is 24.9. The van der Waals surface area contributed by atoms with Gasteiger partial charge in [-0.25, -0.2) is 0 Å². The number of piperazine rings is 2. The minimum atomic E-state index is -2.62. The molecule has 524 valence electrons. The number of aliphatic hydroxyl groups excluding tert-OH is 1. The van der Waals surface area contributed by atoms with Crippen LogP contribution in [-0.2, 0) is 0 Å². The Morgan fingerprint density at radius 3 is 1.08 bits per heavy atom. The summed E-state index contributed by atoms with van der Waals surface area (Å²) in [5.41, 5.74) is 6.28. The van der Waals surface area contributed by atoms with Gasteiger partial charge in [0.1, 0.15) is 0 Å². The first kappa shape index (κ1) is 43.7. The average Bonchev–Trinajstić information content (AvgIpc) is 1.45. The molecule has 1 saturated carbocycles. The van der Waals surface area contributed by atoms with Gasteiger partial charge in [0.05, 0.1) is 33.5 Å². The molecule has 16 rings (SSSR count). The van der Waals surface area contributed by atoms with Crippen LogP contribution in [0.5, 0.6) is 0 Å². The van der Waals surface area contributed by atoms with Gasteiger partial charge < -0.3 is 5.11 Å². The number of hydrogen-bond donors (Lipinski definition) is 1. The van der Waals surface area contributed by atoms with Crippen LogP contribution in [0.4, 0.5) is 0 Å². The van der Waals surface area contributed by atoms with Crippen molar-refractivity contribution in [2.24, 2.45) is 10.8 Å². The molecular formula is C89H109Cl4N5O. The molecule has 10 heteroatoms. The Balaban J connectivity index is 0.000000153. The lowest BCUT2D eigenvalue weighted by atomic mass is 9.78. The number of fused-ring (bicyclic) bond motifs is 4. The average molecular weight is 1440 g/mol. The zero-order valence-electron chi connectivity index (χ0n) is 88.8. The first-order valence-corrected chi connectivity index (χ1v) is 35.7. The van der Waals surface area contributed by atoms with Crippen molar-refractivity contribution in [2.45, 2.75) is 185 Å². The molecule has 0 amide bonds. The summed E-state index contributed by atoms with van der Waals surface area (Å²) in [5.74, 6) is -1.72. The number of hydrogen-bond acceptors (Lipinski definition) is 6. The Morgan fingerprint density at radius 1 is 0.394 bits per heavy atom. The van der Waals surface area contributed by atoms with Crippen LogP contribution in [0.1, 0.15) is 283 Å². The fourth-order valence-electron chi connectivity index (χ4n) is 15.5. The quantitative estimate of drug-likeness (QED) is 0.171. The van der Waals surface area contributed by atoms with Gasteiger partial charge in [-0.2, -0.15) is 0 Å². The number of halogens is 4. The van der Waals surface area contributed by atoms with Crippen LogP contribution in [0.25, 0.3) is 0 Å². The molecule has 4 fully saturated rings. The maximum Gasteiger partial charge on any atom is 0.0802 e. The maximum atomic E-state index is 10.2. The summed E-state index contributed by atoms with van der Waals surface area (Å²) in [7, 11) is 1.80. The van der Waals surface area contributed by atoms with E-state index >= 15 is 0 Å². The van der Waals surface area contributed by atoms with Crippen LogP contribution in [0.2, 0.25) is 20.1 Å². The molecule has 8 aromatic carbocycles. The highest BCUT2D eigenvalue weighted by atomic mass is 35.5. The molecule has 0 unspecified atom stereocenters. The summed E-state index contributed by atoms with van der Waals surface area (Å²) in [5, 5.41) is 12.3. The van der Waals surface area contributed by atoms with Crippen LogP contribution in [0.15, 0.2) is 194 Å². The summed E-state index contributed by atoms with van der Waals surface area (Å²) in [6.45, 7) is 11.5. The van der Waals surface area contributed by atoms with Gasteiger partial charge in [-0.05, 0) is 226 Å². The molecule has 3 saturated heterocycles. The van der Waals surface area contributed by atoms with Crippen molar-refractivity contribution in [1.29, 1.82) is 0 Å². The third-order valence-electron chi connectivity index (χ3n) is 20.8. The molecule has 6 nitrogen and oxygen atoms in total. The highest BCUT2D eigenvalue weighted by Crippen LogP contribution is 2.53. The van der Waals surface area contributed by atoms with E-state index in [0.29, 0.717) is 75.6 Å². The lowest BCUT2D eigenvalue weighted by molar-refractivity contribution is 0.0158. The lowest BCUT2D eigenvalue weighted by Crippen LogP contribution is -2.58. The second-order valence-electron chi connectivity index (χ2n) is 30.1. The molecule has 3 heterocycles. The highest BCUT2D eigenvalue weighted by molar-refractivity contribution is 6.31. The number of likely N-dealkylation sites (N-methyl/N-ethyl adjacent to an activating group) is 2. The highest BCUT2D eigenvalue weighted by Gasteiger charge is 2.44. The van der Waals surface area contributed by atoms with Gasteiger partial charge in [-0.15, -0.1) is 0 Å². The molecule has 8 aliphatic rings. The number of rotatable bonds is 7. The Hall–Kier alpha value is -5.32. The predicted octanol–water partition coefficient (Wildman–Crippen LogP) is 22.8. The van der Waals surface area contributed by atoms with E-state index in [1.807, 2.05) is 43.0 Å². The van der Waals surface area contributed by atoms with Crippen LogP contribution < -0.4 is 0 Å². The Kier molecular flexibility index (Phi) is 14.0. The van der Waals surface area contributed by atoms with E-state index in [1.54, 1.807) is 74.3 Å². The number of likely N-dealkylation sites (tertiary alicyclic amines) is 1. The second-order valence-corrected chi connectivity index (χ2v) is 31.8. The molecule has 0 radical (unpaired) electrons. The topological polar surface area (TPSA) is 36.4 Å². The summed E-state index contributed by atoms with van der Waals surface area (Å²) < 4.78 is 252. The fourth-order valence-corrected chi connectivity index (χ4v) is 16.2. The summed E-state index contributed by atoms with van der Waals surface area (Å²) in [6.07, 6.45) is 2.91. The van der Waals surface area contributed by atoms with Crippen LogP contribution >= 0.6 is 46.4 Å². The SMILES string of the molecule is [2H]C1([2H])CCCC(C)(C)C1.[2H]c1c([2H])c([2H])c([C@@H]2C[C@@H](N3CC([2H])([2H])CC(C)(C)C3)c3cc(Cl)ccc32)c([2H])c1[2H].[2H]c1c([2H])c([2H])c([C@@H]2C[C@@H](N3CC([2H])([2H])N(C([2H])([2H])[2H])C(C)(C)C3)c3cc(Cl)ccc32)c([2H])c1[2H].[2H]c1c([2H])c([2H])c([C@@H]2C[C@@H](N3CC([2H])([2H])N(C)C(C)(C)C3)c3cc(Cl)ccc32)c([2H])c1[2H].[2H]c1c([2H])c([2H])c([C@@H]2C[C@H](O)c3cc(Cl)ccc32)c([2H])c1[2H]. The molecule has 0 spiro atoms. The molecular weight excluding hydrogens is 1300 g/mol. The van der Waals surface area contributed by atoms with E-state index in [1.165, 1.54) is 6.42 Å². The van der Waals surface area contributed by atoms with E-state index in [4.69, 9.17) is 88.9 Å². The van der Waals surface area contributed by atoms with Crippen molar-refractivity contribution >= 4 is 46.4 Å². The van der Waals surface area contributed by atoms with Crippen molar-refractivity contribution in [3.05, 3.63) is 280 Å². The number of aliphatic hydroxyl groups is 1. The van der Waals surface area contributed by atoms with E-state index in [2.05, 4.69) is 37.5 Å². The zero-order chi connectivity index (χ0) is 96.9. The second kappa shape index (κ2) is 31.7. The Labute approximate surface area is 658 Å². The van der Waals surface area contributed by atoms with E-state index in [-0.39, 0.29) is 157 Å². The van der Waals surface area contributed by atoms with E-state index in [0.717, 1.165) is 69.7 Å². The third kappa shape index (κ3) is 17.5. The fraction of sp³-hybridized carbons (Fsp3) is 0.461. The molecule has 3 aliphatic heterocycles. The standard InChI is InChI=1S/2C22H27ClN2.C22H26ClN.C15H13ClO.C8H16/c2*1-22(2)15-25(12-11-24(22)3)21-14-19(16-7-5-4-6-8-16)18-10-9-17(23)13-20(18)21;1-22(2)11-6-12-24(15-22)21-14-19(16-7-4-3-5-8-16)18-10-9-17(23)13-20(18)21;16-11-6-7-12-13(9-15(17)14(12)8-11)10-4-2-1-3-5-10;1-8(2)6-4-3-5-7-8/h2*4-10,13,19,21H,11-12,14-15H2,1-3H3;3-5,7-10,13,19,21H,6,11-12,14-15H2,1-2H3;1-8,13,15,17H,9H2;3-7H2,1-2H3/t3*19-,21+;13-,15-;/m0000./s1/i3D3,4D,5D,6D,7D,8D,11D2;4D,5D,6D,7D,8D,11D2;3D,4D,5D,6D2,7D,8D;1D,2D,3D,4D,5D;4D2. The monoisotopic (exact) mass is 1430 g/mol. The van der Waals surface area contributed by atoms with Gasteiger partial charge in [0.25, 0.3) is 0 Å². The minimum Gasteiger partial charge on any atom is -0.388 e. The van der Waals surface area contributed by atoms with Gasteiger partial charge in [0.2, 0.25) is 0 Å². The van der Waals surface area contributed by atoms with E-state index < -0.39 is 104 Å². The van der Waals surface area contributed by atoms with Gasteiger partial charge in [0, 0.05) is 134 Å². The van der Waals surface area contributed by atoms with Gasteiger partial charge in [0.15, 0.2) is 0 Å². The van der Waals surface area contributed by atoms with Crippen molar-refractivity contribution < 1.29 is 47.6 Å². The third-order valence-corrected chi connectivity index (χ3v) is 21.7. The number of piperidine rings is 1. The molecule has 0 aromatic heterocycles. The Bertz CT molecular complexity index is 5530. The smallest absolute Gasteiger partial charge is 0.0802 e. The molecule has 5 aliphatic carbocycles. The molecule has 0 bridgehead atoms. The van der Waals surface area contributed by atoms with Crippen LogP contribution in [0.3, 0.4) is 0 Å². The minimum absolute atomic E-state index is 0.133. The first-order valence-electron chi connectivity index (χ1n) is 49.7. The molecule has 1 N–H and O–H groups in total. The predicted molar refractivity (Wildman–Crippen MR) is 419 cm³/mol. The van der Waals surface area contributed by atoms with E-state index in [9.17, 15) is 5.11 Å². The number of nitrogens with zero attached hydrogens (tertiary/aromatic N) is 5. The Morgan fingerprint density at radius 2 is 0.737 bits per heavy atom. The van der Waals surface area contributed by atoms with Crippen molar-refractivity contribution in [2.75, 3.05) is 66.3 Å². The van der Waals surface area contributed by atoms with Crippen molar-refractivity contribution in [3.8, 4) is 0 Å². The van der Waals surface area contributed by atoms with Gasteiger partial charge >= 0.3 is 0 Å². The summed E-state index contributed by atoms with van der Waals surface area (Å²) in [4.78, 5) is 8.87. The van der Waals surface area contributed by atoms with Gasteiger partial charge in [-0.3, -0.25) is 24.5 Å². The largest absolute Gasteiger partial charge is 0.388 e. The normalized spacial score (nSPS) is 32.5. The first-order chi connectivity index (χ1) is 59.8. The summed E-state index contributed by atoms with van der Waals surface area (Å²) in [6, 6.07) is 14.6. The van der Waals surface area contributed by atoms with Crippen molar-refractivity contribution in [3.63, 3.8) is 0 Å². The molecule has 8 atom stereocenters. The van der Waals surface area contributed by atoms with Crippen LogP contribution in [0, 0.1) is 10.8 Å². The van der Waals surface area contributed by atoms with Crippen LogP contribution in [-0.4, -0.2) is 107 Å².